The maximum atomic E-state index is 11.7. The summed E-state index contributed by atoms with van der Waals surface area (Å²) in [7, 11) is 0. The van der Waals surface area contributed by atoms with Crippen LogP contribution in [0, 0.1) is 11.3 Å². The van der Waals surface area contributed by atoms with Gasteiger partial charge in [0.05, 0.1) is 24.7 Å². The number of hydrogen-bond acceptors (Lipinski definition) is 4. The van der Waals surface area contributed by atoms with E-state index in [9.17, 15) is 9.59 Å². The van der Waals surface area contributed by atoms with E-state index in [0.717, 1.165) is 0 Å². The molecule has 0 saturated heterocycles. The summed E-state index contributed by atoms with van der Waals surface area (Å²) in [4.78, 5) is 23.3. The molecule has 0 fully saturated rings. The molecule has 0 aliphatic carbocycles. The summed E-state index contributed by atoms with van der Waals surface area (Å²) in [5.41, 5.74) is 1.43. The number of benzene rings is 1. The monoisotopic (exact) mass is 245 g/mol. The van der Waals surface area contributed by atoms with Crippen molar-refractivity contribution in [3.05, 3.63) is 34.9 Å². The lowest BCUT2D eigenvalue weighted by molar-refractivity contribution is 0.0526. The maximum Gasteiger partial charge on any atom is 0.338 e. The number of carbonyl (C=O) groups is 2. The fraction of sp³-hybridized carbons (Fsp3) is 0.357. The van der Waals surface area contributed by atoms with Crippen LogP contribution in [0.4, 0.5) is 0 Å². The van der Waals surface area contributed by atoms with E-state index < -0.39 is 5.97 Å². The Morgan fingerprint density at radius 2 is 1.89 bits per heavy atom. The molecule has 4 nitrogen and oxygen atoms in total. The van der Waals surface area contributed by atoms with Crippen LogP contribution < -0.4 is 0 Å². The second kappa shape index (κ2) is 6.55. The van der Waals surface area contributed by atoms with Gasteiger partial charge in [-0.2, -0.15) is 5.26 Å². The number of nitrogens with zero attached hydrogens (tertiary/aromatic N) is 1. The third kappa shape index (κ3) is 3.42. The largest absolute Gasteiger partial charge is 0.462 e. The zero-order valence-corrected chi connectivity index (χ0v) is 10.5. The van der Waals surface area contributed by atoms with Gasteiger partial charge in [0, 0.05) is 12.0 Å². The highest BCUT2D eigenvalue weighted by Gasteiger charge is 2.12. The Kier molecular flexibility index (Phi) is 5.06. The van der Waals surface area contributed by atoms with Crippen LogP contribution in [-0.4, -0.2) is 18.4 Å². The molecule has 0 amide bonds. The van der Waals surface area contributed by atoms with Crippen LogP contribution in [0.3, 0.4) is 0 Å². The number of ether oxygens (including phenoxy) is 1. The Morgan fingerprint density at radius 1 is 1.22 bits per heavy atom. The molecule has 18 heavy (non-hydrogen) atoms. The first-order valence-corrected chi connectivity index (χ1v) is 5.83. The Labute approximate surface area is 106 Å². The lowest BCUT2D eigenvalue weighted by Crippen LogP contribution is -2.08. The number of nitriles is 1. The van der Waals surface area contributed by atoms with Gasteiger partial charge in [-0.25, -0.2) is 4.79 Å². The van der Waals surface area contributed by atoms with Crippen molar-refractivity contribution in [2.24, 2.45) is 0 Å². The molecule has 1 rings (SSSR count). The average Bonchev–Trinajstić information content (AvgIpc) is 2.38. The van der Waals surface area contributed by atoms with Gasteiger partial charge in [0.1, 0.15) is 0 Å². The Bertz CT molecular complexity index is 500. The third-order valence-electron chi connectivity index (χ3n) is 2.43. The van der Waals surface area contributed by atoms with Crippen molar-refractivity contribution in [1.29, 1.82) is 5.26 Å². The van der Waals surface area contributed by atoms with Crippen LogP contribution in [0.2, 0.25) is 0 Å². The molecule has 4 heteroatoms. The molecule has 0 radical (unpaired) electrons. The van der Waals surface area contributed by atoms with E-state index in [4.69, 9.17) is 10.00 Å². The molecule has 0 aliphatic rings. The summed E-state index contributed by atoms with van der Waals surface area (Å²) >= 11 is 0. The van der Waals surface area contributed by atoms with Gasteiger partial charge in [-0.15, -0.1) is 0 Å². The lowest BCUT2D eigenvalue weighted by Gasteiger charge is -2.06. The fourth-order valence-corrected chi connectivity index (χ4v) is 1.58. The highest BCUT2D eigenvalue weighted by atomic mass is 16.5. The molecule has 0 unspecified atom stereocenters. The van der Waals surface area contributed by atoms with Gasteiger partial charge < -0.3 is 4.74 Å². The minimum absolute atomic E-state index is 0.0552. The zero-order valence-electron chi connectivity index (χ0n) is 10.5. The number of rotatable bonds is 5. The normalized spacial score (nSPS) is 9.61. The number of hydrogen-bond donors (Lipinski definition) is 0. The van der Waals surface area contributed by atoms with Gasteiger partial charge >= 0.3 is 5.97 Å². The zero-order chi connectivity index (χ0) is 13.5. The van der Waals surface area contributed by atoms with Crippen LogP contribution in [-0.2, 0) is 11.2 Å². The quantitative estimate of drug-likeness (QED) is 0.590. The smallest absolute Gasteiger partial charge is 0.338 e. The molecular weight excluding hydrogens is 230 g/mol. The molecule has 1 aromatic carbocycles. The van der Waals surface area contributed by atoms with Crippen LogP contribution >= 0.6 is 0 Å². The van der Waals surface area contributed by atoms with Crippen molar-refractivity contribution < 1.29 is 14.3 Å². The average molecular weight is 245 g/mol. The van der Waals surface area contributed by atoms with E-state index in [0.29, 0.717) is 23.1 Å². The molecule has 0 spiro atoms. The summed E-state index contributed by atoms with van der Waals surface area (Å²) in [6.45, 7) is 3.75. The van der Waals surface area contributed by atoms with Gasteiger partial charge in [0.15, 0.2) is 5.78 Å². The lowest BCUT2D eigenvalue weighted by atomic mass is 10.0. The molecule has 0 bridgehead atoms. The molecular formula is C14H15NO3. The molecule has 1 aromatic rings. The summed E-state index contributed by atoms with van der Waals surface area (Å²) in [6, 6.07) is 6.76. The van der Waals surface area contributed by atoms with Crippen LogP contribution in [0.1, 0.15) is 46.5 Å². The first-order chi connectivity index (χ1) is 8.62. The van der Waals surface area contributed by atoms with Crippen molar-refractivity contribution in [1.82, 2.24) is 0 Å². The van der Waals surface area contributed by atoms with Gasteiger partial charge in [-0.1, -0.05) is 6.92 Å². The molecule has 0 atom stereocenters. The van der Waals surface area contributed by atoms with Crippen molar-refractivity contribution >= 4 is 11.8 Å². The summed E-state index contributed by atoms with van der Waals surface area (Å²) in [5, 5.41) is 8.69. The summed E-state index contributed by atoms with van der Waals surface area (Å²) in [6.07, 6.45) is 0.523. The number of carbonyl (C=O) groups excluding carboxylic acids is 2. The second-order valence-electron chi connectivity index (χ2n) is 3.75. The van der Waals surface area contributed by atoms with Crippen LogP contribution in [0.15, 0.2) is 18.2 Å². The molecule has 0 heterocycles. The first-order valence-electron chi connectivity index (χ1n) is 5.83. The van der Waals surface area contributed by atoms with E-state index in [1.807, 2.05) is 6.07 Å². The number of Topliss-reactive ketones (excluding diaryl/α,β-unsaturated/α-hetero) is 1. The topological polar surface area (TPSA) is 67.2 Å². The summed E-state index contributed by atoms with van der Waals surface area (Å²) in [5.74, 6) is -0.525. The third-order valence-corrected chi connectivity index (χ3v) is 2.43. The Balaban J connectivity index is 3.18. The Morgan fingerprint density at radius 3 is 2.44 bits per heavy atom. The predicted molar refractivity (Wildman–Crippen MR) is 66.3 cm³/mol. The standard InChI is InChI=1S/C14H15NO3/c1-3-13(16)11-7-10(5-6-15)8-12(9-11)14(17)18-4-2/h7-9H,3-5H2,1-2H3. The molecule has 94 valence electrons. The first kappa shape index (κ1) is 13.9. The van der Waals surface area contributed by atoms with E-state index >= 15 is 0 Å². The van der Waals surface area contributed by atoms with Crippen molar-refractivity contribution in [3.63, 3.8) is 0 Å². The second-order valence-corrected chi connectivity index (χ2v) is 3.75. The molecule has 0 saturated carbocycles. The maximum absolute atomic E-state index is 11.7. The highest BCUT2D eigenvalue weighted by Crippen LogP contribution is 2.14. The van der Waals surface area contributed by atoms with Gasteiger partial charge in [-0.3, -0.25) is 4.79 Å². The van der Waals surface area contributed by atoms with E-state index in [1.165, 1.54) is 6.07 Å². The predicted octanol–water partition coefficient (Wildman–Crippen LogP) is 2.52. The van der Waals surface area contributed by atoms with Crippen LogP contribution in [0.5, 0.6) is 0 Å². The molecule has 0 aliphatic heterocycles. The van der Waals surface area contributed by atoms with E-state index in [1.54, 1.807) is 26.0 Å². The fourth-order valence-electron chi connectivity index (χ4n) is 1.58. The number of ketones is 1. The highest BCUT2D eigenvalue weighted by molar-refractivity contribution is 5.99. The van der Waals surface area contributed by atoms with Crippen molar-refractivity contribution in [2.75, 3.05) is 6.61 Å². The molecule has 0 aromatic heterocycles. The Hall–Kier alpha value is -2.15. The minimum Gasteiger partial charge on any atom is -0.462 e. The van der Waals surface area contributed by atoms with E-state index in [-0.39, 0.29) is 18.8 Å². The molecule has 0 N–H and O–H groups in total. The van der Waals surface area contributed by atoms with Crippen LogP contribution in [0.25, 0.3) is 0 Å². The van der Waals surface area contributed by atoms with Gasteiger partial charge in [0.2, 0.25) is 0 Å². The van der Waals surface area contributed by atoms with Gasteiger partial charge in [0.25, 0.3) is 0 Å². The van der Waals surface area contributed by atoms with Gasteiger partial charge in [-0.05, 0) is 30.7 Å². The van der Waals surface area contributed by atoms with E-state index in [2.05, 4.69) is 0 Å². The van der Waals surface area contributed by atoms with Crippen molar-refractivity contribution in [3.8, 4) is 6.07 Å². The minimum atomic E-state index is -0.470. The number of esters is 1. The summed E-state index contributed by atoms with van der Waals surface area (Å²) < 4.78 is 4.90. The van der Waals surface area contributed by atoms with Crippen molar-refractivity contribution in [2.45, 2.75) is 26.7 Å². The SMILES string of the molecule is CCOC(=O)c1cc(CC#N)cc(C(=O)CC)c1.